The van der Waals surface area contributed by atoms with Gasteiger partial charge in [-0.2, -0.15) is 0 Å². The first-order valence-electron chi connectivity index (χ1n) is 8.79. The number of hydrogen-bond acceptors (Lipinski definition) is 3. The van der Waals surface area contributed by atoms with Crippen molar-refractivity contribution in [3.8, 4) is 0 Å². The zero-order valence-electron chi connectivity index (χ0n) is 14.3. The predicted octanol–water partition coefficient (Wildman–Crippen LogP) is 2.78. The molecule has 0 unspecified atom stereocenters. The summed E-state index contributed by atoms with van der Waals surface area (Å²) in [5.74, 6) is -1.89. The molecule has 3 aliphatic rings. The van der Waals surface area contributed by atoms with Crippen LogP contribution in [0.4, 0.5) is 19.3 Å². The highest BCUT2D eigenvalue weighted by Gasteiger charge is 2.45. The Morgan fingerprint density at radius 2 is 2.11 bits per heavy atom. The van der Waals surface area contributed by atoms with Crippen molar-refractivity contribution in [2.45, 2.75) is 24.9 Å². The van der Waals surface area contributed by atoms with Gasteiger partial charge >= 0.3 is 6.03 Å². The summed E-state index contributed by atoms with van der Waals surface area (Å²) in [6, 6.07) is 3.74. The van der Waals surface area contributed by atoms with E-state index in [-0.39, 0.29) is 42.2 Å². The number of fused-ring (bicyclic) bond motifs is 6. The average molecular weight is 370 g/mol. The van der Waals surface area contributed by atoms with Gasteiger partial charge < -0.3 is 15.1 Å². The topological polar surface area (TPSA) is 65.5 Å². The first kappa shape index (κ1) is 16.2. The van der Waals surface area contributed by atoms with Crippen LogP contribution in [0.5, 0.6) is 0 Å². The van der Waals surface area contributed by atoms with Gasteiger partial charge in [0.15, 0.2) is 11.6 Å². The third kappa shape index (κ3) is 2.39. The number of halogens is 2. The molecule has 1 N–H and O–H groups in total. The number of pyridine rings is 1. The molecule has 5 rings (SSSR count). The lowest BCUT2D eigenvalue weighted by Crippen LogP contribution is -2.46. The second-order valence-electron chi connectivity index (χ2n) is 7.17. The first-order chi connectivity index (χ1) is 13.0. The van der Waals surface area contributed by atoms with Gasteiger partial charge in [0.05, 0.1) is 18.3 Å². The third-order valence-electron chi connectivity index (χ3n) is 5.71. The van der Waals surface area contributed by atoms with Crippen LogP contribution in [0, 0.1) is 11.6 Å². The fourth-order valence-corrected chi connectivity index (χ4v) is 4.40. The molecule has 1 fully saturated rings. The third-order valence-corrected chi connectivity index (χ3v) is 5.71. The lowest BCUT2D eigenvalue weighted by molar-refractivity contribution is -0.133. The molecular formula is C19H16F2N4O2. The van der Waals surface area contributed by atoms with Crippen molar-refractivity contribution in [1.82, 2.24) is 14.8 Å². The minimum atomic E-state index is -0.994. The number of carbonyl (C=O) groups is 2. The van der Waals surface area contributed by atoms with Crippen molar-refractivity contribution in [2.24, 2.45) is 0 Å². The van der Waals surface area contributed by atoms with Gasteiger partial charge in [-0.1, -0.05) is 0 Å². The molecule has 1 aliphatic carbocycles. The molecule has 0 spiro atoms. The number of benzene rings is 1. The molecule has 2 aliphatic heterocycles. The quantitative estimate of drug-likeness (QED) is 0.884. The van der Waals surface area contributed by atoms with Crippen LogP contribution in [0.25, 0.3) is 0 Å². The second-order valence-corrected chi connectivity index (χ2v) is 7.17. The summed E-state index contributed by atoms with van der Waals surface area (Å²) >= 11 is 0. The summed E-state index contributed by atoms with van der Waals surface area (Å²) in [6.07, 6.45) is 4.43. The van der Waals surface area contributed by atoms with Gasteiger partial charge in [-0.25, -0.2) is 13.6 Å². The van der Waals surface area contributed by atoms with Crippen molar-refractivity contribution in [3.63, 3.8) is 0 Å². The predicted molar refractivity (Wildman–Crippen MR) is 91.8 cm³/mol. The van der Waals surface area contributed by atoms with Gasteiger partial charge in [0.2, 0.25) is 5.91 Å². The van der Waals surface area contributed by atoms with Crippen LogP contribution in [-0.2, 0) is 11.3 Å². The van der Waals surface area contributed by atoms with Crippen molar-refractivity contribution in [2.75, 3.05) is 18.4 Å². The number of rotatable bonds is 2. The standard InChI is InChI=1S/C19H16F2N4O2/c20-14-1-2-15-13(18(14)21)8-24(19(27)23-15)9-17(26)25-7-10-5-16(25)11-3-4-22-6-12(10)11/h1-4,6,10,16H,5,7-9H2,(H,23,27)/t10-,16-/m0/s1. The van der Waals surface area contributed by atoms with E-state index < -0.39 is 17.7 Å². The molecule has 2 atom stereocenters. The van der Waals surface area contributed by atoms with E-state index in [1.807, 2.05) is 12.3 Å². The number of likely N-dealkylation sites (tertiary alicyclic amines) is 1. The number of amides is 3. The van der Waals surface area contributed by atoms with Gasteiger partial charge in [-0.15, -0.1) is 0 Å². The Morgan fingerprint density at radius 1 is 1.26 bits per heavy atom. The Hall–Kier alpha value is -3.03. The van der Waals surface area contributed by atoms with E-state index in [2.05, 4.69) is 10.3 Å². The van der Waals surface area contributed by atoms with E-state index in [1.54, 1.807) is 11.1 Å². The number of hydrogen-bond donors (Lipinski definition) is 1. The Labute approximate surface area is 153 Å². The van der Waals surface area contributed by atoms with E-state index >= 15 is 0 Å². The lowest BCUT2D eigenvalue weighted by Gasteiger charge is -2.33. The van der Waals surface area contributed by atoms with Crippen LogP contribution in [0.15, 0.2) is 30.6 Å². The fourth-order valence-electron chi connectivity index (χ4n) is 4.40. The van der Waals surface area contributed by atoms with Gasteiger partial charge in [0.1, 0.15) is 6.54 Å². The highest BCUT2D eigenvalue weighted by atomic mass is 19.2. The molecule has 0 saturated carbocycles. The Bertz CT molecular complexity index is 980. The summed E-state index contributed by atoms with van der Waals surface area (Å²) < 4.78 is 27.6. The van der Waals surface area contributed by atoms with E-state index in [9.17, 15) is 18.4 Å². The number of aromatic nitrogens is 1. The molecule has 138 valence electrons. The maximum atomic E-state index is 14.1. The summed E-state index contributed by atoms with van der Waals surface area (Å²) in [7, 11) is 0. The normalized spacial score (nSPS) is 22.5. The van der Waals surface area contributed by atoms with E-state index in [0.717, 1.165) is 18.1 Å². The largest absolute Gasteiger partial charge is 0.333 e. The molecule has 8 heteroatoms. The fraction of sp³-hybridized carbons (Fsp3) is 0.316. The van der Waals surface area contributed by atoms with Crippen LogP contribution in [0.2, 0.25) is 0 Å². The van der Waals surface area contributed by atoms with E-state index in [1.165, 1.54) is 16.5 Å². The summed E-state index contributed by atoms with van der Waals surface area (Å²) in [5.41, 5.74) is 2.59. The Morgan fingerprint density at radius 3 is 2.96 bits per heavy atom. The van der Waals surface area contributed by atoms with E-state index in [0.29, 0.717) is 6.54 Å². The zero-order valence-corrected chi connectivity index (χ0v) is 14.3. The van der Waals surface area contributed by atoms with Gasteiger partial charge in [0.25, 0.3) is 0 Å². The summed E-state index contributed by atoms with van der Waals surface area (Å²) in [6.45, 7) is 0.279. The van der Waals surface area contributed by atoms with Crippen molar-refractivity contribution < 1.29 is 18.4 Å². The molecule has 2 bridgehead atoms. The number of carbonyl (C=O) groups excluding carboxylic acids is 2. The first-order valence-corrected chi connectivity index (χ1v) is 8.79. The molecular weight excluding hydrogens is 354 g/mol. The van der Waals surface area contributed by atoms with Crippen molar-refractivity contribution >= 4 is 17.6 Å². The number of nitrogens with one attached hydrogen (secondary N) is 1. The van der Waals surface area contributed by atoms with Crippen LogP contribution in [-0.4, -0.2) is 39.8 Å². The molecule has 0 radical (unpaired) electrons. The van der Waals surface area contributed by atoms with Gasteiger partial charge in [0, 0.05) is 30.4 Å². The number of anilines is 1. The minimum absolute atomic E-state index is 0.00480. The Kier molecular flexibility index (Phi) is 3.43. The maximum Gasteiger partial charge on any atom is 0.322 e. The number of urea groups is 1. The SMILES string of the molecule is O=C1Nc2ccc(F)c(F)c2CN1CC(=O)N1C[C@@H]2C[C@H]1c1ccncc12. The van der Waals surface area contributed by atoms with Crippen LogP contribution in [0.3, 0.4) is 0 Å². The summed E-state index contributed by atoms with van der Waals surface area (Å²) in [5, 5.41) is 2.52. The highest BCUT2D eigenvalue weighted by Crippen LogP contribution is 2.49. The molecule has 3 amide bonds. The summed E-state index contributed by atoms with van der Waals surface area (Å²) in [4.78, 5) is 32.3. The van der Waals surface area contributed by atoms with Crippen molar-refractivity contribution in [3.05, 3.63) is 58.9 Å². The van der Waals surface area contributed by atoms with Crippen molar-refractivity contribution in [1.29, 1.82) is 0 Å². The highest BCUT2D eigenvalue weighted by molar-refractivity contribution is 5.95. The van der Waals surface area contributed by atoms with Gasteiger partial charge in [-0.05, 0) is 35.7 Å². The molecule has 1 aromatic carbocycles. The second kappa shape index (κ2) is 5.73. The average Bonchev–Trinajstić information content (AvgIpc) is 3.26. The molecule has 1 aromatic heterocycles. The lowest BCUT2D eigenvalue weighted by atomic mass is 10.0. The molecule has 2 aromatic rings. The van der Waals surface area contributed by atoms with E-state index in [4.69, 9.17) is 0 Å². The van der Waals surface area contributed by atoms with Crippen LogP contribution >= 0.6 is 0 Å². The van der Waals surface area contributed by atoms with Crippen LogP contribution in [0.1, 0.15) is 35.1 Å². The monoisotopic (exact) mass is 370 g/mol. The van der Waals surface area contributed by atoms with Crippen LogP contribution < -0.4 is 5.32 Å². The molecule has 6 nitrogen and oxygen atoms in total. The van der Waals surface area contributed by atoms with Gasteiger partial charge in [-0.3, -0.25) is 9.78 Å². The molecule has 1 saturated heterocycles. The molecule has 3 heterocycles. The Balaban J connectivity index is 1.35. The number of nitrogens with zero attached hydrogens (tertiary/aromatic N) is 3. The maximum absolute atomic E-state index is 14.1. The minimum Gasteiger partial charge on any atom is -0.333 e. The smallest absolute Gasteiger partial charge is 0.322 e. The molecule has 27 heavy (non-hydrogen) atoms. The zero-order chi connectivity index (χ0) is 18.7.